The summed E-state index contributed by atoms with van der Waals surface area (Å²) in [5.41, 5.74) is -1.54. The number of rotatable bonds is 2. The molecule has 0 aliphatic rings. The van der Waals surface area contributed by atoms with Gasteiger partial charge in [-0.1, -0.05) is 0 Å². The van der Waals surface area contributed by atoms with E-state index in [1.54, 1.807) is 0 Å². The van der Waals surface area contributed by atoms with Crippen LogP contribution in [0.3, 0.4) is 0 Å². The molecule has 0 bridgehead atoms. The predicted molar refractivity (Wildman–Crippen MR) is 55.3 cm³/mol. The van der Waals surface area contributed by atoms with Crippen LogP contribution in [-0.4, -0.2) is 86.3 Å². The third-order valence-electron chi connectivity index (χ3n) is 1.30. The summed E-state index contributed by atoms with van der Waals surface area (Å²) in [5, 5.41) is 16.9. The van der Waals surface area contributed by atoms with Crippen molar-refractivity contribution in [1.82, 2.24) is 4.98 Å². The molecule has 1 heterocycles. The van der Waals surface area contributed by atoms with Crippen molar-refractivity contribution in [3.05, 3.63) is 33.7 Å². The summed E-state index contributed by atoms with van der Waals surface area (Å²) in [6.45, 7) is 0. The Morgan fingerprint density at radius 3 is 1.60 bits per heavy atom. The number of hydrogen-bond acceptors (Lipinski definition) is 3. The summed E-state index contributed by atoms with van der Waals surface area (Å²) in [5.74, 6) is -2.75. The zero-order valence-corrected chi connectivity index (χ0v) is 6.27. The molecule has 0 spiro atoms. The van der Waals surface area contributed by atoms with Gasteiger partial charge in [-0.05, 0) is 0 Å². The van der Waals surface area contributed by atoms with Crippen molar-refractivity contribution in [2.24, 2.45) is 0 Å². The third kappa shape index (κ3) is 4.96. The molecule has 72 valence electrons. The first kappa shape index (κ1) is 17.3. The number of aromatic amines is 1. The first-order valence-electron chi connectivity index (χ1n) is 3.21. The summed E-state index contributed by atoms with van der Waals surface area (Å²) in [7, 11) is 0. The Hall–Kier alpha value is -0.110. The molecule has 3 N–H and O–H groups in total. The van der Waals surface area contributed by atoms with E-state index in [9.17, 15) is 14.4 Å². The van der Waals surface area contributed by atoms with Crippen molar-refractivity contribution in [2.75, 3.05) is 0 Å². The summed E-state index contributed by atoms with van der Waals surface area (Å²) in [4.78, 5) is 33.6. The van der Waals surface area contributed by atoms with E-state index in [1.807, 2.05) is 0 Å². The average Bonchev–Trinajstić information content (AvgIpc) is 2.03. The first-order chi connectivity index (χ1) is 6.00. The maximum atomic E-state index is 10.8. The Morgan fingerprint density at radius 2 is 1.33 bits per heavy atom. The van der Waals surface area contributed by atoms with Crippen LogP contribution in [-0.2, 0) is 0 Å². The number of nitrogens with one attached hydrogen (secondary N) is 1. The van der Waals surface area contributed by atoms with Crippen LogP contribution in [0.5, 0.6) is 0 Å². The molecule has 0 aliphatic carbocycles. The molecule has 6 nitrogen and oxygen atoms in total. The normalized spacial score (nSPS) is 8.27. The number of aromatic carboxylic acids is 2. The van der Waals surface area contributed by atoms with Gasteiger partial charge in [-0.25, -0.2) is 9.59 Å². The second-order valence-corrected chi connectivity index (χ2v) is 2.25. The Balaban J connectivity index is 0. The number of hydrogen-bond donors (Lipinski definition) is 3. The molecule has 0 aliphatic heterocycles. The van der Waals surface area contributed by atoms with Crippen LogP contribution >= 0.6 is 0 Å². The fourth-order valence-electron chi connectivity index (χ4n) is 0.774. The van der Waals surface area contributed by atoms with Gasteiger partial charge in [0.2, 0.25) is 0 Å². The molecule has 1 aromatic heterocycles. The molecular formula is C7H7NNa2O5. The summed E-state index contributed by atoms with van der Waals surface area (Å²) in [6.07, 6.45) is 0. The minimum absolute atomic E-state index is 0. The van der Waals surface area contributed by atoms with Gasteiger partial charge in [0.15, 0.2) is 5.43 Å². The van der Waals surface area contributed by atoms with Crippen LogP contribution in [0.15, 0.2) is 16.9 Å². The van der Waals surface area contributed by atoms with Gasteiger partial charge in [0, 0.05) is 12.1 Å². The van der Waals surface area contributed by atoms with Crippen molar-refractivity contribution in [3.63, 3.8) is 0 Å². The van der Waals surface area contributed by atoms with E-state index >= 15 is 0 Å². The quantitative estimate of drug-likeness (QED) is 0.535. The van der Waals surface area contributed by atoms with Crippen molar-refractivity contribution in [2.45, 2.75) is 0 Å². The van der Waals surface area contributed by atoms with Gasteiger partial charge < -0.3 is 15.2 Å². The van der Waals surface area contributed by atoms with E-state index in [2.05, 4.69) is 4.98 Å². The summed E-state index contributed by atoms with van der Waals surface area (Å²) in [6, 6.07) is 1.63. The van der Waals surface area contributed by atoms with Crippen molar-refractivity contribution in [3.8, 4) is 0 Å². The zero-order valence-electron chi connectivity index (χ0n) is 6.27. The molecule has 1 aromatic rings. The van der Waals surface area contributed by atoms with Gasteiger partial charge in [0.1, 0.15) is 11.4 Å². The second-order valence-electron chi connectivity index (χ2n) is 2.25. The van der Waals surface area contributed by atoms with Gasteiger partial charge in [-0.3, -0.25) is 4.79 Å². The molecule has 0 aromatic carbocycles. The van der Waals surface area contributed by atoms with Crippen LogP contribution in [0.1, 0.15) is 21.0 Å². The molecule has 8 heteroatoms. The third-order valence-corrected chi connectivity index (χ3v) is 1.30. The Morgan fingerprint density at radius 1 is 1.00 bits per heavy atom. The minimum atomic E-state index is -1.37. The number of pyridine rings is 1. The van der Waals surface area contributed by atoms with Crippen LogP contribution < -0.4 is 5.43 Å². The zero-order chi connectivity index (χ0) is 10.0. The van der Waals surface area contributed by atoms with Gasteiger partial charge >= 0.3 is 71.1 Å². The summed E-state index contributed by atoms with van der Waals surface area (Å²) >= 11 is 0. The van der Waals surface area contributed by atoms with E-state index in [1.165, 1.54) is 0 Å². The first-order valence-corrected chi connectivity index (χ1v) is 3.21. The number of H-pyrrole nitrogens is 1. The molecule has 0 fully saturated rings. The topological polar surface area (TPSA) is 107 Å². The monoisotopic (exact) mass is 231 g/mol. The Labute approximate surface area is 128 Å². The molecule has 0 unspecified atom stereocenters. The van der Waals surface area contributed by atoms with Gasteiger partial charge in [-0.2, -0.15) is 0 Å². The summed E-state index contributed by atoms with van der Waals surface area (Å²) < 4.78 is 0. The van der Waals surface area contributed by atoms with Crippen LogP contribution in [0.2, 0.25) is 0 Å². The predicted octanol–water partition coefficient (Wildman–Crippen LogP) is -1.53. The SMILES string of the molecule is O=C(O)c1cc(=O)cc(C(=O)O)[nH]1.[NaH].[NaH]. The van der Waals surface area contributed by atoms with Crippen LogP contribution in [0.4, 0.5) is 0 Å². The van der Waals surface area contributed by atoms with Crippen molar-refractivity contribution in [1.29, 1.82) is 0 Å². The van der Waals surface area contributed by atoms with Crippen LogP contribution in [0, 0.1) is 0 Å². The molecular weight excluding hydrogens is 224 g/mol. The van der Waals surface area contributed by atoms with E-state index in [-0.39, 0.29) is 59.1 Å². The standard InChI is InChI=1S/C7H5NO5.2Na.2H/c9-3-1-4(6(10)11)8-5(2-3)7(12)13;;;;/h1-2H,(H,8,9)(H,10,11)(H,12,13);;;;. The molecule has 0 radical (unpaired) electrons. The fraction of sp³-hybridized carbons (Fsp3) is 0. The van der Waals surface area contributed by atoms with E-state index in [0.29, 0.717) is 0 Å². The van der Waals surface area contributed by atoms with E-state index < -0.39 is 28.8 Å². The Bertz CT molecular complexity index is 392. The maximum absolute atomic E-state index is 10.8. The van der Waals surface area contributed by atoms with Gasteiger partial charge in [-0.15, -0.1) is 0 Å². The molecule has 0 atom stereocenters. The molecule has 1 rings (SSSR count). The number of carboxylic acids is 2. The van der Waals surface area contributed by atoms with Crippen molar-refractivity contribution < 1.29 is 19.8 Å². The van der Waals surface area contributed by atoms with Crippen molar-refractivity contribution >= 4 is 71.1 Å². The van der Waals surface area contributed by atoms with Crippen LogP contribution in [0.25, 0.3) is 0 Å². The Kier molecular flexibility index (Phi) is 8.31. The molecule has 0 saturated carbocycles. The average molecular weight is 231 g/mol. The molecule has 0 amide bonds. The molecule has 15 heavy (non-hydrogen) atoms. The number of aromatic nitrogens is 1. The fourth-order valence-corrected chi connectivity index (χ4v) is 0.774. The van der Waals surface area contributed by atoms with E-state index in [4.69, 9.17) is 10.2 Å². The van der Waals surface area contributed by atoms with E-state index in [0.717, 1.165) is 12.1 Å². The second kappa shape index (κ2) is 7.21. The number of carboxylic acid groups (broad SMARTS) is 2. The number of carbonyl (C=O) groups is 2. The van der Waals surface area contributed by atoms with Gasteiger partial charge in [0.05, 0.1) is 0 Å². The van der Waals surface area contributed by atoms with Gasteiger partial charge in [0.25, 0.3) is 0 Å². The molecule has 0 saturated heterocycles.